The Hall–Kier alpha value is -1.85. The van der Waals surface area contributed by atoms with Gasteiger partial charge in [0.1, 0.15) is 5.69 Å². The van der Waals surface area contributed by atoms with Crippen LogP contribution in [0.15, 0.2) is 12.4 Å². The van der Waals surface area contributed by atoms with Crippen molar-refractivity contribution in [2.75, 3.05) is 30.3 Å². The summed E-state index contributed by atoms with van der Waals surface area (Å²) in [5.41, 5.74) is 6.36. The Morgan fingerprint density at radius 3 is 3.06 bits per heavy atom. The van der Waals surface area contributed by atoms with E-state index in [0.29, 0.717) is 12.2 Å². The number of hydrogen-bond donors (Lipinski definition) is 1. The fourth-order valence-electron chi connectivity index (χ4n) is 2.87. The fraction of sp³-hybridized carbons (Fsp3) is 0.500. The number of carbonyl (C=O) groups excluding carboxylic acids is 1. The second-order valence-electron chi connectivity index (χ2n) is 4.82. The number of rotatable bonds is 1. The number of nitrogens with two attached hydrogens (primary N) is 1. The number of fused-ring (bicyclic) bond motifs is 1. The van der Waals surface area contributed by atoms with Crippen LogP contribution in [0.4, 0.5) is 15.8 Å². The zero-order chi connectivity index (χ0) is 12.7. The lowest BCUT2D eigenvalue weighted by Crippen LogP contribution is -2.54. The molecule has 5 nitrogen and oxygen atoms in total. The van der Waals surface area contributed by atoms with Crippen molar-refractivity contribution < 1.29 is 9.18 Å². The molecule has 1 aromatic rings. The number of anilines is 2. The molecule has 2 aliphatic heterocycles. The van der Waals surface area contributed by atoms with Crippen molar-refractivity contribution in [2.24, 2.45) is 0 Å². The van der Waals surface area contributed by atoms with Gasteiger partial charge in [-0.2, -0.15) is 0 Å². The van der Waals surface area contributed by atoms with Crippen molar-refractivity contribution in [3.63, 3.8) is 0 Å². The van der Waals surface area contributed by atoms with E-state index in [1.165, 1.54) is 6.20 Å². The third-order valence-corrected chi connectivity index (χ3v) is 3.67. The molecule has 0 spiro atoms. The van der Waals surface area contributed by atoms with Crippen molar-refractivity contribution in [1.29, 1.82) is 0 Å². The summed E-state index contributed by atoms with van der Waals surface area (Å²) >= 11 is 0. The van der Waals surface area contributed by atoms with Gasteiger partial charge in [0, 0.05) is 19.1 Å². The molecule has 2 N–H and O–H groups in total. The van der Waals surface area contributed by atoms with Crippen molar-refractivity contribution >= 4 is 17.3 Å². The first-order valence-corrected chi connectivity index (χ1v) is 6.10. The van der Waals surface area contributed by atoms with Crippen LogP contribution >= 0.6 is 0 Å². The van der Waals surface area contributed by atoms with Crippen molar-refractivity contribution in [3.8, 4) is 0 Å². The van der Waals surface area contributed by atoms with E-state index >= 15 is 0 Å². The summed E-state index contributed by atoms with van der Waals surface area (Å²) in [6.45, 7) is 1.67. The summed E-state index contributed by atoms with van der Waals surface area (Å²) < 4.78 is 13.8. The van der Waals surface area contributed by atoms with E-state index in [9.17, 15) is 9.18 Å². The van der Waals surface area contributed by atoms with Gasteiger partial charge in [-0.15, -0.1) is 0 Å². The molecule has 3 heterocycles. The maximum atomic E-state index is 13.8. The van der Waals surface area contributed by atoms with Crippen LogP contribution in [-0.2, 0) is 4.79 Å². The first-order chi connectivity index (χ1) is 8.66. The Morgan fingerprint density at radius 2 is 2.28 bits per heavy atom. The summed E-state index contributed by atoms with van der Waals surface area (Å²) in [6, 6.07) is 0.193. The van der Waals surface area contributed by atoms with Crippen LogP contribution in [-0.4, -0.2) is 41.5 Å². The Morgan fingerprint density at radius 1 is 1.44 bits per heavy atom. The van der Waals surface area contributed by atoms with Gasteiger partial charge in [0.2, 0.25) is 5.91 Å². The molecule has 6 heteroatoms. The topological polar surface area (TPSA) is 62.5 Å². The molecule has 18 heavy (non-hydrogen) atoms. The molecule has 0 bridgehead atoms. The molecular weight excluding hydrogens is 235 g/mol. The van der Waals surface area contributed by atoms with Crippen LogP contribution in [0, 0.1) is 5.82 Å². The van der Waals surface area contributed by atoms with Crippen LogP contribution in [0.5, 0.6) is 0 Å². The zero-order valence-electron chi connectivity index (χ0n) is 9.97. The van der Waals surface area contributed by atoms with Crippen LogP contribution in [0.1, 0.15) is 12.8 Å². The van der Waals surface area contributed by atoms with Gasteiger partial charge in [-0.25, -0.2) is 4.39 Å². The molecule has 0 saturated carbocycles. The summed E-state index contributed by atoms with van der Waals surface area (Å²) in [6.07, 6.45) is 4.56. The number of piperazine rings is 1. The normalized spacial score (nSPS) is 23.4. The minimum Gasteiger partial charge on any atom is -0.396 e. The molecule has 2 fully saturated rings. The van der Waals surface area contributed by atoms with Crippen LogP contribution < -0.4 is 10.6 Å². The molecule has 96 valence electrons. The third-order valence-electron chi connectivity index (χ3n) is 3.67. The van der Waals surface area contributed by atoms with Gasteiger partial charge in [-0.3, -0.25) is 9.78 Å². The number of nitrogens with zero attached hydrogens (tertiary/aromatic N) is 3. The van der Waals surface area contributed by atoms with E-state index in [1.807, 2.05) is 4.90 Å². The first kappa shape index (κ1) is 11.3. The number of halogens is 1. The number of pyridine rings is 1. The van der Waals surface area contributed by atoms with Gasteiger partial charge in [-0.1, -0.05) is 0 Å². The Bertz CT molecular complexity index is 473. The highest BCUT2D eigenvalue weighted by molar-refractivity contribution is 5.85. The zero-order valence-corrected chi connectivity index (χ0v) is 9.97. The minimum atomic E-state index is -0.464. The van der Waals surface area contributed by atoms with Gasteiger partial charge < -0.3 is 15.5 Å². The summed E-state index contributed by atoms with van der Waals surface area (Å²) in [5, 5.41) is 0. The molecule has 1 unspecified atom stereocenters. The summed E-state index contributed by atoms with van der Waals surface area (Å²) in [5.74, 6) is -0.409. The lowest BCUT2D eigenvalue weighted by atomic mass is 10.1. The number of aromatic nitrogens is 1. The highest BCUT2D eigenvalue weighted by atomic mass is 19.1. The van der Waals surface area contributed by atoms with E-state index in [0.717, 1.165) is 25.6 Å². The average molecular weight is 250 g/mol. The standard InChI is InChI=1S/C12H15FN4O/c13-9-4-15-5-10(14)12(9)16-6-8-2-1-3-17(8)11(18)7-16/h4-5,8H,1-3,6-7,14H2. The average Bonchev–Trinajstić information content (AvgIpc) is 2.77. The molecule has 2 saturated heterocycles. The third kappa shape index (κ3) is 1.68. The second kappa shape index (κ2) is 4.12. The number of carbonyl (C=O) groups is 1. The molecule has 3 rings (SSSR count). The van der Waals surface area contributed by atoms with Crippen LogP contribution in [0.2, 0.25) is 0 Å². The number of nitrogen functional groups attached to an aromatic ring is 1. The highest BCUT2D eigenvalue weighted by Gasteiger charge is 2.36. The Balaban J connectivity index is 1.91. The quantitative estimate of drug-likeness (QED) is 0.793. The molecule has 1 aromatic heterocycles. The maximum absolute atomic E-state index is 13.8. The second-order valence-corrected chi connectivity index (χ2v) is 4.82. The van der Waals surface area contributed by atoms with Gasteiger partial charge in [0.05, 0.1) is 24.6 Å². The molecular formula is C12H15FN4O. The van der Waals surface area contributed by atoms with Gasteiger partial charge >= 0.3 is 0 Å². The van der Waals surface area contributed by atoms with E-state index in [1.54, 1.807) is 4.90 Å². The lowest BCUT2D eigenvalue weighted by Gasteiger charge is -2.38. The molecule has 2 aliphatic rings. The first-order valence-electron chi connectivity index (χ1n) is 6.10. The van der Waals surface area contributed by atoms with Crippen LogP contribution in [0.25, 0.3) is 0 Å². The molecule has 0 aliphatic carbocycles. The Kier molecular flexibility index (Phi) is 2.57. The van der Waals surface area contributed by atoms with E-state index in [2.05, 4.69) is 4.98 Å². The summed E-state index contributed by atoms with van der Waals surface area (Å²) in [4.78, 5) is 19.3. The smallest absolute Gasteiger partial charge is 0.242 e. The fourth-order valence-corrected chi connectivity index (χ4v) is 2.87. The van der Waals surface area contributed by atoms with E-state index in [-0.39, 0.29) is 24.2 Å². The van der Waals surface area contributed by atoms with Gasteiger partial charge in [0.15, 0.2) is 5.82 Å². The number of hydrogen-bond acceptors (Lipinski definition) is 4. The summed E-state index contributed by atoms with van der Waals surface area (Å²) in [7, 11) is 0. The van der Waals surface area contributed by atoms with E-state index in [4.69, 9.17) is 5.73 Å². The number of amides is 1. The highest BCUT2D eigenvalue weighted by Crippen LogP contribution is 2.30. The Labute approximate surface area is 104 Å². The molecule has 1 amide bonds. The molecule has 1 atom stereocenters. The monoisotopic (exact) mass is 250 g/mol. The van der Waals surface area contributed by atoms with Crippen molar-refractivity contribution in [2.45, 2.75) is 18.9 Å². The minimum absolute atomic E-state index is 0.0550. The van der Waals surface area contributed by atoms with Gasteiger partial charge in [-0.05, 0) is 12.8 Å². The molecule has 0 aromatic carbocycles. The van der Waals surface area contributed by atoms with E-state index < -0.39 is 5.82 Å². The lowest BCUT2D eigenvalue weighted by molar-refractivity contribution is -0.131. The van der Waals surface area contributed by atoms with Crippen molar-refractivity contribution in [1.82, 2.24) is 9.88 Å². The maximum Gasteiger partial charge on any atom is 0.242 e. The predicted octanol–water partition coefficient (Wildman–Crippen LogP) is 0.614. The van der Waals surface area contributed by atoms with Crippen molar-refractivity contribution in [3.05, 3.63) is 18.2 Å². The van der Waals surface area contributed by atoms with Crippen LogP contribution in [0.3, 0.4) is 0 Å². The largest absolute Gasteiger partial charge is 0.396 e. The molecule has 0 radical (unpaired) electrons. The SMILES string of the molecule is Nc1cncc(F)c1N1CC(=O)N2CCCC2C1. The van der Waals surface area contributed by atoms with Gasteiger partial charge in [0.25, 0.3) is 0 Å². The predicted molar refractivity (Wildman–Crippen MR) is 65.6 cm³/mol.